The highest BCUT2D eigenvalue weighted by Gasteiger charge is 2.37. The monoisotopic (exact) mass is 392 g/mol. The van der Waals surface area contributed by atoms with Crippen LogP contribution in [0.2, 0.25) is 0 Å². The molecule has 120 valence electrons. The van der Waals surface area contributed by atoms with E-state index in [0.717, 1.165) is 16.6 Å². The van der Waals surface area contributed by atoms with Gasteiger partial charge in [0, 0.05) is 28.1 Å². The van der Waals surface area contributed by atoms with Gasteiger partial charge in [0.25, 0.3) is 0 Å². The smallest absolute Gasteiger partial charge is 0.239 e. The summed E-state index contributed by atoms with van der Waals surface area (Å²) >= 11 is 5.09. The molecule has 1 aliphatic rings. The Bertz CT molecular complexity index is 702. The minimum absolute atomic E-state index is 0.114. The molecule has 6 heteroatoms. The molecule has 3 rings (SSSR count). The van der Waals surface area contributed by atoms with E-state index in [1.54, 1.807) is 16.2 Å². The first-order chi connectivity index (χ1) is 11.1. The van der Waals surface area contributed by atoms with Crippen LogP contribution in [0.25, 0.3) is 0 Å². The van der Waals surface area contributed by atoms with Crippen molar-refractivity contribution in [1.29, 1.82) is 0 Å². The lowest BCUT2D eigenvalue weighted by Gasteiger charge is -2.17. The Balaban J connectivity index is 1.56. The van der Waals surface area contributed by atoms with Gasteiger partial charge >= 0.3 is 0 Å². The molecule has 2 heterocycles. The summed E-state index contributed by atoms with van der Waals surface area (Å²) in [5.41, 5.74) is 0.832. The summed E-state index contributed by atoms with van der Waals surface area (Å²) in [7, 11) is 0. The van der Waals surface area contributed by atoms with Gasteiger partial charge in [-0.3, -0.25) is 9.59 Å². The van der Waals surface area contributed by atoms with E-state index in [0.29, 0.717) is 19.5 Å². The summed E-state index contributed by atoms with van der Waals surface area (Å²) in [5.74, 6) is -0.849. The first kappa shape index (κ1) is 16.2. The number of nitrogens with zero attached hydrogens (tertiary/aromatic N) is 1. The second kappa shape index (κ2) is 7.27. The van der Waals surface area contributed by atoms with Gasteiger partial charge in [-0.15, -0.1) is 11.3 Å². The average Bonchev–Trinajstić information content (AvgIpc) is 3.17. The summed E-state index contributed by atoms with van der Waals surface area (Å²) < 4.78 is 0.923. The summed E-state index contributed by atoms with van der Waals surface area (Å²) in [6, 6.07) is 11.6. The van der Waals surface area contributed by atoms with Crippen LogP contribution in [0.1, 0.15) is 11.3 Å². The van der Waals surface area contributed by atoms with E-state index in [2.05, 4.69) is 21.2 Å². The van der Waals surface area contributed by atoms with Crippen molar-refractivity contribution in [1.82, 2.24) is 5.32 Å². The molecule has 1 unspecified atom stereocenters. The SMILES string of the molecule is O=C(NCCc1cccs1)C1CCN(c2cccc(Br)c2)C1=O. The van der Waals surface area contributed by atoms with Crippen molar-refractivity contribution in [3.8, 4) is 0 Å². The van der Waals surface area contributed by atoms with Gasteiger partial charge in [0.2, 0.25) is 11.8 Å². The van der Waals surface area contributed by atoms with Gasteiger partial charge in [-0.05, 0) is 42.5 Å². The number of nitrogens with one attached hydrogen (secondary N) is 1. The molecule has 1 aromatic carbocycles. The number of hydrogen-bond donors (Lipinski definition) is 1. The van der Waals surface area contributed by atoms with Crippen molar-refractivity contribution in [2.75, 3.05) is 18.0 Å². The molecule has 1 atom stereocenters. The van der Waals surface area contributed by atoms with Crippen molar-refractivity contribution in [3.05, 3.63) is 51.1 Å². The van der Waals surface area contributed by atoms with E-state index in [-0.39, 0.29) is 11.8 Å². The third kappa shape index (κ3) is 3.82. The number of carbonyl (C=O) groups is 2. The average molecular weight is 393 g/mol. The maximum absolute atomic E-state index is 12.5. The lowest BCUT2D eigenvalue weighted by Crippen LogP contribution is -2.37. The van der Waals surface area contributed by atoms with E-state index in [4.69, 9.17) is 0 Å². The maximum atomic E-state index is 12.5. The molecule has 4 nitrogen and oxygen atoms in total. The van der Waals surface area contributed by atoms with Gasteiger partial charge in [0.1, 0.15) is 5.92 Å². The largest absolute Gasteiger partial charge is 0.355 e. The molecule has 0 bridgehead atoms. The second-order valence-electron chi connectivity index (χ2n) is 5.43. The lowest BCUT2D eigenvalue weighted by atomic mass is 10.1. The number of hydrogen-bond acceptors (Lipinski definition) is 3. The minimum Gasteiger partial charge on any atom is -0.355 e. The van der Waals surface area contributed by atoms with Crippen LogP contribution < -0.4 is 10.2 Å². The molecule has 2 amide bonds. The minimum atomic E-state index is -0.572. The van der Waals surface area contributed by atoms with Gasteiger partial charge in [-0.1, -0.05) is 28.1 Å². The van der Waals surface area contributed by atoms with E-state index < -0.39 is 5.92 Å². The predicted octanol–water partition coefficient (Wildman–Crippen LogP) is 3.22. The molecular formula is C17H17BrN2O2S. The Kier molecular flexibility index (Phi) is 5.13. The van der Waals surface area contributed by atoms with Crippen LogP contribution in [0.5, 0.6) is 0 Å². The third-order valence-electron chi connectivity index (χ3n) is 3.89. The number of rotatable bonds is 5. The molecule has 0 radical (unpaired) electrons. The molecular weight excluding hydrogens is 376 g/mol. The van der Waals surface area contributed by atoms with Crippen LogP contribution >= 0.6 is 27.3 Å². The summed E-state index contributed by atoms with van der Waals surface area (Å²) in [6.07, 6.45) is 1.37. The van der Waals surface area contributed by atoms with E-state index in [1.807, 2.05) is 41.8 Å². The van der Waals surface area contributed by atoms with Gasteiger partial charge in [-0.2, -0.15) is 0 Å². The molecule has 0 saturated carbocycles. The van der Waals surface area contributed by atoms with Crippen LogP contribution in [-0.2, 0) is 16.0 Å². The third-order valence-corrected chi connectivity index (χ3v) is 5.32. The zero-order valence-electron chi connectivity index (χ0n) is 12.5. The standard InChI is InChI=1S/C17H17BrN2O2S/c18-12-3-1-4-13(11-12)20-9-7-15(17(20)22)16(21)19-8-6-14-5-2-10-23-14/h1-5,10-11,15H,6-9H2,(H,19,21). The normalized spacial score (nSPS) is 17.5. The van der Waals surface area contributed by atoms with Gasteiger partial charge in [0.05, 0.1) is 0 Å². The molecule has 1 saturated heterocycles. The summed E-state index contributed by atoms with van der Waals surface area (Å²) in [5, 5.41) is 4.91. The molecule has 0 aliphatic carbocycles. The first-order valence-corrected chi connectivity index (χ1v) is 9.19. The van der Waals surface area contributed by atoms with Crippen molar-refractivity contribution >= 4 is 44.8 Å². The zero-order chi connectivity index (χ0) is 16.2. The number of thiophene rings is 1. The maximum Gasteiger partial charge on any atom is 0.239 e. The summed E-state index contributed by atoms with van der Waals surface area (Å²) in [6.45, 7) is 1.15. The Hall–Kier alpha value is -1.66. The number of carbonyl (C=O) groups excluding carboxylic acids is 2. The van der Waals surface area contributed by atoms with E-state index in [1.165, 1.54) is 4.88 Å². The van der Waals surface area contributed by atoms with Crippen molar-refractivity contribution < 1.29 is 9.59 Å². The Morgan fingerprint density at radius 2 is 2.22 bits per heavy atom. The zero-order valence-corrected chi connectivity index (χ0v) is 14.9. The molecule has 1 aromatic heterocycles. The van der Waals surface area contributed by atoms with Crippen LogP contribution in [0.4, 0.5) is 5.69 Å². The fourth-order valence-electron chi connectivity index (χ4n) is 2.71. The molecule has 1 fully saturated rings. The topological polar surface area (TPSA) is 49.4 Å². The number of amides is 2. The molecule has 1 N–H and O–H groups in total. The molecule has 0 spiro atoms. The van der Waals surface area contributed by atoms with Gasteiger partial charge in [0.15, 0.2) is 0 Å². The predicted molar refractivity (Wildman–Crippen MR) is 95.6 cm³/mol. The number of halogens is 1. The lowest BCUT2D eigenvalue weighted by molar-refractivity contribution is -0.132. The highest BCUT2D eigenvalue weighted by Crippen LogP contribution is 2.27. The Morgan fingerprint density at radius 3 is 2.96 bits per heavy atom. The fourth-order valence-corrected chi connectivity index (χ4v) is 3.81. The molecule has 2 aromatic rings. The van der Waals surface area contributed by atoms with Gasteiger partial charge in [-0.25, -0.2) is 0 Å². The van der Waals surface area contributed by atoms with Crippen LogP contribution in [0.3, 0.4) is 0 Å². The second-order valence-corrected chi connectivity index (χ2v) is 7.38. The molecule has 23 heavy (non-hydrogen) atoms. The first-order valence-electron chi connectivity index (χ1n) is 7.52. The highest BCUT2D eigenvalue weighted by molar-refractivity contribution is 9.10. The van der Waals surface area contributed by atoms with Crippen LogP contribution in [0, 0.1) is 5.92 Å². The fraction of sp³-hybridized carbons (Fsp3) is 0.294. The van der Waals surface area contributed by atoms with Crippen LogP contribution in [0.15, 0.2) is 46.3 Å². The van der Waals surface area contributed by atoms with Crippen molar-refractivity contribution in [2.24, 2.45) is 5.92 Å². The summed E-state index contributed by atoms with van der Waals surface area (Å²) in [4.78, 5) is 27.7. The van der Waals surface area contributed by atoms with Gasteiger partial charge < -0.3 is 10.2 Å². The van der Waals surface area contributed by atoms with Crippen molar-refractivity contribution in [3.63, 3.8) is 0 Å². The van der Waals surface area contributed by atoms with Crippen molar-refractivity contribution in [2.45, 2.75) is 12.8 Å². The number of anilines is 1. The molecule has 1 aliphatic heterocycles. The quantitative estimate of drug-likeness (QED) is 0.794. The number of benzene rings is 1. The Labute approximate surface area is 147 Å². The van der Waals surface area contributed by atoms with E-state index in [9.17, 15) is 9.59 Å². The Morgan fingerprint density at radius 1 is 1.35 bits per heavy atom. The highest BCUT2D eigenvalue weighted by atomic mass is 79.9. The van der Waals surface area contributed by atoms with E-state index >= 15 is 0 Å². The van der Waals surface area contributed by atoms with Crippen LogP contribution in [-0.4, -0.2) is 24.9 Å².